The van der Waals surface area contributed by atoms with Crippen molar-refractivity contribution in [3.63, 3.8) is 0 Å². The number of rotatable bonds is 3. The molecule has 0 radical (unpaired) electrons. The van der Waals surface area contributed by atoms with Crippen molar-refractivity contribution in [2.45, 2.75) is 50.0 Å². The largest absolute Gasteiger partial charge is 0.336 e. The highest BCUT2D eigenvalue weighted by Crippen LogP contribution is 2.23. The summed E-state index contributed by atoms with van der Waals surface area (Å²) in [5, 5.41) is 5.22. The van der Waals surface area contributed by atoms with Crippen LogP contribution >= 0.6 is 0 Å². The molecule has 1 aromatic rings. The smallest absolute Gasteiger partial charge is 0.255 e. The van der Waals surface area contributed by atoms with Crippen LogP contribution in [0.25, 0.3) is 0 Å². The van der Waals surface area contributed by atoms with Crippen molar-refractivity contribution in [1.82, 2.24) is 4.90 Å². The minimum atomic E-state index is -3.90. The van der Waals surface area contributed by atoms with E-state index >= 15 is 0 Å². The summed E-state index contributed by atoms with van der Waals surface area (Å²) < 4.78 is 23.3. The molecule has 1 aliphatic rings. The Morgan fingerprint density at radius 2 is 2.00 bits per heavy atom. The Morgan fingerprint density at radius 1 is 1.29 bits per heavy atom. The van der Waals surface area contributed by atoms with Crippen LogP contribution in [-0.2, 0) is 10.0 Å². The van der Waals surface area contributed by atoms with E-state index in [0.29, 0.717) is 6.54 Å². The summed E-state index contributed by atoms with van der Waals surface area (Å²) in [6.45, 7) is 2.73. The second-order valence-electron chi connectivity index (χ2n) is 5.45. The van der Waals surface area contributed by atoms with Gasteiger partial charge in [-0.3, -0.25) is 4.79 Å². The molecule has 1 atom stereocenters. The van der Waals surface area contributed by atoms with E-state index in [1.54, 1.807) is 18.2 Å². The topological polar surface area (TPSA) is 80.5 Å². The normalized spacial score (nSPS) is 20.1. The van der Waals surface area contributed by atoms with Gasteiger partial charge in [0.05, 0.1) is 10.5 Å². The first kappa shape index (κ1) is 16.0. The summed E-state index contributed by atoms with van der Waals surface area (Å²) in [4.78, 5) is 14.5. The molecule has 0 aromatic heterocycles. The highest BCUT2D eigenvalue weighted by Gasteiger charge is 2.28. The lowest BCUT2D eigenvalue weighted by Gasteiger charge is -2.29. The Kier molecular flexibility index (Phi) is 5.00. The van der Waals surface area contributed by atoms with Gasteiger partial charge in [0, 0.05) is 12.6 Å². The molecule has 5 nitrogen and oxygen atoms in total. The van der Waals surface area contributed by atoms with Crippen molar-refractivity contribution in [2.24, 2.45) is 5.14 Å². The van der Waals surface area contributed by atoms with Gasteiger partial charge >= 0.3 is 0 Å². The number of amides is 1. The van der Waals surface area contributed by atoms with Crippen LogP contribution in [0.2, 0.25) is 0 Å². The summed E-state index contributed by atoms with van der Waals surface area (Å²) in [5.41, 5.74) is 0.181. The average Bonchev–Trinajstić information content (AvgIpc) is 2.70. The number of hydrogen-bond acceptors (Lipinski definition) is 3. The quantitative estimate of drug-likeness (QED) is 0.928. The molecule has 1 aromatic carbocycles. The molecule has 2 rings (SSSR count). The van der Waals surface area contributed by atoms with E-state index in [-0.39, 0.29) is 22.4 Å². The van der Waals surface area contributed by atoms with Crippen LogP contribution in [0, 0.1) is 0 Å². The zero-order chi connectivity index (χ0) is 15.5. The molecule has 1 saturated heterocycles. The number of benzene rings is 1. The molecule has 1 fully saturated rings. The van der Waals surface area contributed by atoms with Gasteiger partial charge in [0.2, 0.25) is 10.0 Å². The van der Waals surface area contributed by atoms with E-state index < -0.39 is 10.0 Å². The first-order valence-corrected chi connectivity index (χ1v) is 8.92. The molecule has 6 heteroatoms. The van der Waals surface area contributed by atoms with Crippen molar-refractivity contribution >= 4 is 15.9 Å². The van der Waals surface area contributed by atoms with Crippen LogP contribution in [0.5, 0.6) is 0 Å². The molecule has 1 unspecified atom stereocenters. The zero-order valence-electron chi connectivity index (χ0n) is 12.3. The molecule has 1 amide bonds. The molecule has 1 aliphatic heterocycles. The molecule has 0 aliphatic carbocycles. The first-order valence-electron chi connectivity index (χ1n) is 7.38. The van der Waals surface area contributed by atoms with Gasteiger partial charge < -0.3 is 4.90 Å². The number of nitrogens with zero attached hydrogens (tertiary/aromatic N) is 1. The first-order chi connectivity index (χ1) is 9.95. The Bertz CT molecular complexity index is 613. The molecule has 0 saturated carbocycles. The SMILES string of the molecule is CCC1CCCCCN1C(=O)c1ccccc1S(N)(=O)=O. The van der Waals surface area contributed by atoms with Crippen molar-refractivity contribution in [2.75, 3.05) is 6.54 Å². The van der Waals surface area contributed by atoms with Crippen LogP contribution in [0.4, 0.5) is 0 Å². The Balaban J connectivity index is 2.39. The van der Waals surface area contributed by atoms with E-state index in [4.69, 9.17) is 5.14 Å². The third-order valence-electron chi connectivity index (χ3n) is 4.03. The fourth-order valence-electron chi connectivity index (χ4n) is 2.92. The van der Waals surface area contributed by atoms with Crippen LogP contribution < -0.4 is 5.14 Å². The number of carbonyl (C=O) groups is 1. The molecule has 1 heterocycles. The van der Waals surface area contributed by atoms with E-state index in [9.17, 15) is 13.2 Å². The molecule has 116 valence electrons. The fourth-order valence-corrected chi connectivity index (χ4v) is 3.65. The van der Waals surface area contributed by atoms with Gasteiger partial charge in [-0.05, 0) is 31.4 Å². The summed E-state index contributed by atoms with van der Waals surface area (Å²) in [6.07, 6.45) is 5.03. The van der Waals surface area contributed by atoms with Gasteiger partial charge in [0.15, 0.2) is 0 Å². The van der Waals surface area contributed by atoms with Crippen molar-refractivity contribution < 1.29 is 13.2 Å². The second kappa shape index (κ2) is 6.58. The summed E-state index contributed by atoms with van der Waals surface area (Å²) in [6, 6.07) is 6.35. The summed E-state index contributed by atoms with van der Waals surface area (Å²) >= 11 is 0. The lowest BCUT2D eigenvalue weighted by atomic mass is 10.1. The van der Waals surface area contributed by atoms with Gasteiger partial charge in [-0.15, -0.1) is 0 Å². The minimum Gasteiger partial charge on any atom is -0.336 e. The van der Waals surface area contributed by atoms with Crippen LogP contribution in [0.15, 0.2) is 29.2 Å². The van der Waals surface area contributed by atoms with Crippen LogP contribution in [-0.4, -0.2) is 31.8 Å². The summed E-state index contributed by atoms with van der Waals surface area (Å²) in [5.74, 6) is -0.228. The second-order valence-corrected chi connectivity index (χ2v) is 6.98. The van der Waals surface area contributed by atoms with Crippen LogP contribution in [0.3, 0.4) is 0 Å². The number of carbonyl (C=O) groups excluding carboxylic acids is 1. The number of hydrogen-bond donors (Lipinski definition) is 1. The predicted molar refractivity (Wildman–Crippen MR) is 81.4 cm³/mol. The Hall–Kier alpha value is -1.40. The number of sulfonamides is 1. The maximum Gasteiger partial charge on any atom is 0.255 e. The number of nitrogens with two attached hydrogens (primary N) is 1. The fraction of sp³-hybridized carbons (Fsp3) is 0.533. The molecule has 0 spiro atoms. The van der Waals surface area contributed by atoms with E-state index in [2.05, 4.69) is 6.92 Å². The third-order valence-corrected chi connectivity index (χ3v) is 5.00. The van der Waals surface area contributed by atoms with E-state index in [1.807, 2.05) is 4.90 Å². The molecule has 0 bridgehead atoms. The van der Waals surface area contributed by atoms with Crippen molar-refractivity contribution in [3.05, 3.63) is 29.8 Å². The highest BCUT2D eigenvalue weighted by atomic mass is 32.2. The summed E-state index contributed by atoms with van der Waals surface area (Å²) in [7, 11) is -3.90. The predicted octanol–water partition coefficient (Wildman–Crippen LogP) is 2.13. The molecular formula is C15H22N2O3S. The highest BCUT2D eigenvalue weighted by molar-refractivity contribution is 7.89. The van der Waals surface area contributed by atoms with E-state index in [0.717, 1.165) is 32.1 Å². The number of primary sulfonamides is 1. The third kappa shape index (κ3) is 3.63. The van der Waals surface area contributed by atoms with Crippen LogP contribution in [0.1, 0.15) is 49.4 Å². The zero-order valence-corrected chi connectivity index (χ0v) is 13.1. The maximum atomic E-state index is 12.8. The molecule has 21 heavy (non-hydrogen) atoms. The average molecular weight is 310 g/mol. The molecule has 2 N–H and O–H groups in total. The van der Waals surface area contributed by atoms with Gasteiger partial charge in [-0.1, -0.05) is 31.9 Å². The minimum absolute atomic E-state index is 0.0888. The Labute approximate surface area is 126 Å². The van der Waals surface area contributed by atoms with Crippen molar-refractivity contribution in [1.29, 1.82) is 0 Å². The standard InChI is InChI=1S/C15H22N2O3S/c1-2-12-8-4-3-7-11-17(12)15(18)13-9-5-6-10-14(13)21(16,19)20/h5-6,9-10,12H,2-4,7-8,11H2,1H3,(H2,16,19,20). The van der Waals surface area contributed by atoms with Gasteiger partial charge in [0.25, 0.3) is 5.91 Å². The van der Waals surface area contributed by atoms with Crippen molar-refractivity contribution in [3.8, 4) is 0 Å². The lowest BCUT2D eigenvalue weighted by molar-refractivity contribution is 0.0674. The number of likely N-dealkylation sites (tertiary alicyclic amines) is 1. The van der Waals surface area contributed by atoms with Gasteiger partial charge in [0.1, 0.15) is 0 Å². The van der Waals surface area contributed by atoms with Gasteiger partial charge in [-0.25, -0.2) is 13.6 Å². The van der Waals surface area contributed by atoms with E-state index in [1.165, 1.54) is 6.07 Å². The monoisotopic (exact) mass is 310 g/mol. The Morgan fingerprint density at radius 3 is 2.67 bits per heavy atom. The lowest BCUT2D eigenvalue weighted by Crippen LogP contribution is -2.40. The maximum absolute atomic E-state index is 12.8. The molecular weight excluding hydrogens is 288 g/mol. The van der Waals surface area contributed by atoms with Gasteiger partial charge in [-0.2, -0.15) is 0 Å².